The molecule has 0 saturated carbocycles. The molecule has 3 nitrogen and oxygen atoms in total. The van der Waals surface area contributed by atoms with Crippen molar-refractivity contribution in [3.63, 3.8) is 0 Å². The standard InChI is InChI=1S/C21H23FN2O/c1-14(2)12-24-21(25)11-17(15-7-3-5-9-19(15)22)18-13-23-20-10-6-4-8-16(18)20/h3-10,13-14,17,23H,11-12H2,1-2H3,(H,24,25). The van der Waals surface area contributed by atoms with E-state index in [9.17, 15) is 9.18 Å². The number of hydrogen-bond donors (Lipinski definition) is 2. The summed E-state index contributed by atoms with van der Waals surface area (Å²) < 4.78 is 14.5. The van der Waals surface area contributed by atoms with Gasteiger partial charge < -0.3 is 10.3 Å². The molecule has 2 N–H and O–H groups in total. The van der Waals surface area contributed by atoms with Crippen LogP contribution in [0.25, 0.3) is 10.9 Å². The van der Waals surface area contributed by atoms with Gasteiger partial charge in [-0.15, -0.1) is 0 Å². The van der Waals surface area contributed by atoms with Crippen LogP contribution in [0.3, 0.4) is 0 Å². The number of halogens is 1. The largest absolute Gasteiger partial charge is 0.361 e. The van der Waals surface area contributed by atoms with Crippen molar-refractivity contribution < 1.29 is 9.18 Å². The normalized spacial score (nSPS) is 12.5. The Hall–Kier alpha value is -2.62. The molecule has 1 unspecified atom stereocenters. The predicted molar refractivity (Wildman–Crippen MR) is 99.0 cm³/mol. The van der Waals surface area contributed by atoms with Crippen molar-refractivity contribution in [3.05, 3.63) is 71.7 Å². The lowest BCUT2D eigenvalue weighted by Gasteiger charge is -2.18. The lowest BCUT2D eigenvalue weighted by molar-refractivity contribution is -0.121. The Kier molecular flexibility index (Phi) is 5.17. The summed E-state index contributed by atoms with van der Waals surface area (Å²) in [5.41, 5.74) is 2.48. The molecule has 0 aliphatic heterocycles. The first-order chi connectivity index (χ1) is 12.1. The lowest BCUT2D eigenvalue weighted by Crippen LogP contribution is -2.29. The van der Waals surface area contributed by atoms with Gasteiger partial charge >= 0.3 is 0 Å². The number of carbonyl (C=O) groups excluding carboxylic acids is 1. The van der Waals surface area contributed by atoms with Gasteiger partial charge in [0.05, 0.1) is 0 Å². The van der Waals surface area contributed by atoms with Crippen LogP contribution in [0.2, 0.25) is 0 Å². The van der Waals surface area contributed by atoms with E-state index in [1.54, 1.807) is 12.1 Å². The smallest absolute Gasteiger partial charge is 0.220 e. The summed E-state index contributed by atoms with van der Waals surface area (Å²) in [5.74, 6) is -0.296. The Bertz CT molecular complexity index is 869. The van der Waals surface area contributed by atoms with Crippen LogP contribution in [0.5, 0.6) is 0 Å². The molecule has 1 amide bonds. The van der Waals surface area contributed by atoms with E-state index in [1.807, 2.05) is 50.4 Å². The first kappa shape index (κ1) is 17.2. The monoisotopic (exact) mass is 338 g/mol. The number of nitrogens with one attached hydrogen (secondary N) is 2. The van der Waals surface area contributed by atoms with Crippen LogP contribution < -0.4 is 5.32 Å². The Labute approximate surface area is 147 Å². The fourth-order valence-corrected chi connectivity index (χ4v) is 3.10. The van der Waals surface area contributed by atoms with E-state index in [0.717, 1.165) is 16.5 Å². The molecule has 0 bridgehead atoms. The second-order valence-corrected chi connectivity index (χ2v) is 6.77. The second-order valence-electron chi connectivity index (χ2n) is 6.77. The summed E-state index contributed by atoms with van der Waals surface area (Å²) in [7, 11) is 0. The van der Waals surface area contributed by atoms with E-state index in [4.69, 9.17) is 0 Å². The Balaban J connectivity index is 1.98. The summed E-state index contributed by atoms with van der Waals surface area (Å²) in [6.07, 6.45) is 2.10. The number of amides is 1. The summed E-state index contributed by atoms with van der Waals surface area (Å²) in [6.45, 7) is 4.72. The zero-order valence-electron chi connectivity index (χ0n) is 14.6. The van der Waals surface area contributed by atoms with Crippen LogP contribution >= 0.6 is 0 Å². The third-order valence-electron chi connectivity index (χ3n) is 4.37. The van der Waals surface area contributed by atoms with Gasteiger partial charge in [0.25, 0.3) is 0 Å². The number of carbonyl (C=O) groups is 1. The molecule has 0 spiro atoms. The summed E-state index contributed by atoms with van der Waals surface area (Å²) in [5, 5.41) is 3.96. The summed E-state index contributed by atoms with van der Waals surface area (Å²) in [4.78, 5) is 15.7. The zero-order chi connectivity index (χ0) is 17.8. The zero-order valence-corrected chi connectivity index (χ0v) is 14.6. The van der Waals surface area contributed by atoms with Crippen LogP contribution in [-0.2, 0) is 4.79 Å². The van der Waals surface area contributed by atoms with E-state index in [0.29, 0.717) is 18.0 Å². The first-order valence-electron chi connectivity index (χ1n) is 8.63. The number of fused-ring (bicyclic) bond motifs is 1. The van der Waals surface area contributed by atoms with Crippen LogP contribution in [-0.4, -0.2) is 17.4 Å². The number of hydrogen-bond acceptors (Lipinski definition) is 1. The first-order valence-corrected chi connectivity index (χ1v) is 8.63. The highest BCUT2D eigenvalue weighted by Crippen LogP contribution is 2.34. The molecule has 3 rings (SSSR count). The molecule has 1 aromatic heterocycles. The van der Waals surface area contributed by atoms with Crippen molar-refractivity contribution in [2.24, 2.45) is 5.92 Å². The molecule has 0 radical (unpaired) electrons. The average molecular weight is 338 g/mol. The molecular weight excluding hydrogens is 315 g/mol. The van der Waals surface area contributed by atoms with Gasteiger partial charge in [-0.05, 0) is 29.2 Å². The van der Waals surface area contributed by atoms with E-state index < -0.39 is 0 Å². The Morgan fingerprint density at radius 3 is 2.56 bits per heavy atom. The SMILES string of the molecule is CC(C)CNC(=O)CC(c1ccccc1F)c1c[nH]c2ccccc12. The van der Waals surface area contributed by atoms with Gasteiger partial charge in [0.15, 0.2) is 0 Å². The van der Waals surface area contributed by atoms with Crippen LogP contribution in [0.1, 0.15) is 37.3 Å². The fraction of sp³-hybridized carbons (Fsp3) is 0.286. The maximum absolute atomic E-state index is 14.5. The van der Waals surface area contributed by atoms with Crippen LogP contribution in [0.15, 0.2) is 54.7 Å². The number of para-hydroxylation sites is 1. The molecular formula is C21H23FN2O. The van der Waals surface area contributed by atoms with Gasteiger partial charge in [0.2, 0.25) is 5.91 Å². The average Bonchev–Trinajstić information content (AvgIpc) is 3.02. The van der Waals surface area contributed by atoms with E-state index in [1.165, 1.54) is 6.07 Å². The van der Waals surface area contributed by atoms with Crippen molar-refractivity contribution in [2.75, 3.05) is 6.54 Å². The number of benzene rings is 2. The molecule has 0 aliphatic rings. The highest BCUT2D eigenvalue weighted by Gasteiger charge is 2.23. The van der Waals surface area contributed by atoms with Crippen LogP contribution in [0, 0.1) is 11.7 Å². The third kappa shape index (κ3) is 3.90. The maximum Gasteiger partial charge on any atom is 0.220 e. The molecule has 2 aromatic carbocycles. The molecule has 1 atom stereocenters. The molecule has 25 heavy (non-hydrogen) atoms. The molecule has 4 heteroatoms. The van der Waals surface area contributed by atoms with Gasteiger partial charge in [0, 0.05) is 36.0 Å². The number of rotatable bonds is 6. The summed E-state index contributed by atoms with van der Waals surface area (Å²) in [6, 6.07) is 14.6. The topological polar surface area (TPSA) is 44.9 Å². The highest BCUT2D eigenvalue weighted by atomic mass is 19.1. The molecule has 130 valence electrons. The van der Waals surface area contributed by atoms with E-state index >= 15 is 0 Å². The van der Waals surface area contributed by atoms with Gasteiger partial charge in [-0.2, -0.15) is 0 Å². The van der Waals surface area contributed by atoms with Gasteiger partial charge in [-0.1, -0.05) is 50.2 Å². The predicted octanol–water partition coefficient (Wildman–Crippen LogP) is 4.60. The Morgan fingerprint density at radius 1 is 1.08 bits per heavy atom. The van der Waals surface area contributed by atoms with Gasteiger partial charge in [-0.3, -0.25) is 4.79 Å². The second kappa shape index (κ2) is 7.51. The maximum atomic E-state index is 14.5. The lowest BCUT2D eigenvalue weighted by atomic mass is 9.87. The van der Waals surface area contributed by atoms with Gasteiger partial charge in [0.1, 0.15) is 5.82 Å². The van der Waals surface area contributed by atoms with Gasteiger partial charge in [-0.25, -0.2) is 4.39 Å². The fourth-order valence-electron chi connectivity index (χ4n) is 3.10. The highest BCUT2D eigenvalue weighted by molar-refractivity contribution is 5.86. The number of aromatic amines is 1. The number of H-pyrrole nitrogens is 1. The molecule has 0 aliphatic carbocycles. The molecule has 0 saturated heterocycles. The minimum Gasteiger partial charge on any atom is -0.361 e. The van der Waals surface area contributed by atoms with Crippen molar-refractivity contribution in [2.45, 2.75) is 26.2 Å². The quantitative estimate of drug-likeness (QED) is 0.678. The van der Waals surface area contributed by atoms with Crippen LogP contribution in [0.4, 0.5) is 4.39 Å². The van der Waals surface area contributed by atoms with Crippen molar-refractivity contribution in [1.82, 2.24) is 10.3 Å². The van der Waals surface area contributed by atoms with Crippen molar-refractivity contribution >= 4 is 16.8 Å². The molecule has 3 aromatic rings. The van der Waals surface area contributed by atoms with Crippen molar-refractivity contribution in [1.29, 1.82) is 0 Å². The Morgan fingerprint density at radius 2 is 1.80 bits per heavy atom. The molecule has 1 heterocycles. The van der Waals surface area contributed by atoms with E-state index in [-0.39, 0.29) is 24.1 Å². The third-order valence-corrected chi connectivity index (χ3v) is 4.37. The molecule has 0 fully saturated rings. The minimum atomic E-state index is -0.329. The van der Waals surface area contributed by atoms with Crippen molar-refractivity contribution in [3.8, 4) is 0 Å². The number of aromatic nitrogens is 1. The summed E-state index contributed by atoms with van der Waals surface area (Å²) >= 11 is 0. The van der Waals surface area contributed by atoms with E-state index in [2.05, 4.69) is 10.3 Å². The minimum absolute atomic E-state index is 0.0627.